The van der Waals surface area contributed by atoms with Gasteiger partial charge in [0.05, 0.1) is 6.61 Å². The van der Waals surface area contributed by atoms with E-state index in [0.29, 0.717) is 6.04 Å². The maximum absolute atomic E-state index is 9.68. The number of hydrogen-bond acceptors (Lipinski definition) is 3. The van der Waals surface area contributed by atoms with Gasteiger partial charge in [-0.2, -0.15) is 0 Å². The minimum atomic E-state index is -0.0154. The molecule has 0 bridgehead atoms. The first-order valence-electron chi connectivity index (χ1n) is 8.16. The molecule has 0 heterocycles. The summed E-state index contributed by atoms with van der Waals surface area (Å²) in [4.78, 5) is 2.78. The summed E-state index contributed by atoms with van der Waals surface area (Å²) in [5.74, 6) is 0.735. The van der Waals surface area contributed by atoms with Crippen LogP contribution in [-0.4, -0.2) is 47.8 Å². The molecule has 0 aliphatic heterocycles. The van der Waals surface area contributed by atoms with Gasteiger partial charge in [0, 0.05) is 24.2 Å². The van der Waals surface area contributed by atoms with E-state index < -0.39 is 0 Å². The van der Waals surface area contributed by atoms with Gasteiger partial charge in [-0.15, -0.1) is 0 Å². The second-order valence-electron chi connectivity index (χ2n) is 7.11. The van der Waals surface area contributed by atoms with Gasteiger partial charge in [0.15, 0.2) is 0 Å². The molecule has 2 atom stereocenters. The summed E-state index contributed by atoms with van der Waals surface area (Å²) < 4.78 is 0. The number of nitrogens with one attached hydrogen (secondary N) is 1. The molecular formula is C16H32N2O. The monoisotopic (exact) mass is 268 g/mol. The summed E-state index contributed by atoms with van der Waals surface area (Å²) in [5, 5.41) is 13.1. The van der Waals surface area contributed by atoms with Gasteiger partial charge < -0.3 is 10.4 Å². The molecule has 0 amide bonds. The number of likely N-dealkylation sites (N-methyl/N-ethyl adjacent to an activating group) is 1. The van der Waals surface area contributed by atoms with Crippen LogP contribution in [0.15, 0.2) is 0 Å². The van der Waals surface area contributed by atoms with Gasteiger partial charge in [-0.25, -0.2) is 0 Å². The number of aliphatic hydroxyl groups is 1. The van der Waals surface area contributed by atoms with Crippen LogP contribution in [0.2, 0.25) is 0 Å². The van der Waals surface area contributed by atoms with Gasteiger partial charge in [-0.3, -0.25) is 4.90 Å². The molecule has 19 heavy (non-hydrogen) atoms. The first-order chi connectivity index (χ1) is 9.10. The van der Waals surface area contributed by atoms with Crippen LogP contribution in [0.25, 0.3) is 0 Å². The number of aliphatic hydroxyl groups excluding tert-OH is 1. The molecule has 0 aromatic heterocycles. The second-order valence-corrected chi connectivity index (χ2v) is 7.11. The van der Waals surface area contributed by atoms with Gasteiger partial charge >= 0.3 is 0 Å². The lowest BCUT2D eigenvalue weighted by atomic mass is 9.98. The fourth-order valence-electron chi connectivity index (χ4n) is 4.08. The zero-order valence-corrected chi connectivity index (χ0v) is 13.0. The van der Waals surface area contributed by atoms with Crippen LogP contribution in [-0.2, 0) is 0 Å². The normalized spacial score (nSPS) is 32.8. The van der Waals surface area contributed by atoms with Crippen molar-refractivity contribution in [3.63, 3.8) is 0 Å². The summed E-state index contributed by atoms with van der Waals surface area (Å²) in [6, 6.07) is 1.48. The minimum absolute atomic E-state index is 0.0154. The predicted molar refractivity (Wildman–Crippen MR) is 80.3 cm³/mol. The Morgan fingerprint density at radius 1 is 1.21 bits per heavy atom. The molecule has 0 radical (unpaired) electrons. The highest BCUT2D eigenvalue weighted by Crippen LogP contribution is 2.36. The summed E-state index contributed by atoms with van der Waals surface area (Å²) in [6.45, 7) is 6.16. The molecule has 2 aliphatic carbocycles. The Hall–Kier alpha value is -0.120. The van der Waals surface area contributed by atoms with Gasteiger partial charge in [0.2, 0.25) is 0 Å². The van der Waals surface area contributed by atoms with E-state index in [1.165, 1.54) is 38.6 Å². The van der Waals surface area contributed by atoms with Crippen LogP contribution >= 0.6 is 0 Å². The quantitative estimate of drug-likeness (QED) is 0.776. The van der Waals surface area contributed by atoms with Crippen molar-refractivity contribution in [1.82, 2.24) is 10.2 Å². The van der Waals surface area contributed by atoms with E-state index in [2.05, 4.69) is 24.1 Å². The first kappa shape index (κ1) is 15.3. The Labute approximate surface area is 118 Å². The molecule has 2 N–H and O–H groups in total. The maximum Gasteiger partial charge on any atom is 0.0613 e. The lowest BCUT2D eigenvalue weighted by Crippen LogP contribution is -2.48. The van der Waals surface area contributed by atoms with Gasteiger partial charge in [-0.1, -0.05) is 26.7 Å². The fourth-order valence-corrected chi connectivity index (χ4v) is 4.08. The average Bonchev–Trinajstić information content (AvgIpc) is 3.06. The van der Waals surface area contributed by atoms with Crippen molar-refractivity contribution in [2.45, 2.75) is 76.4 Å². The highest BCUT2D eigenvalue weighted by atomic mass is 16.3. The molecule has 3 nitrogen and oxygen atoms in total. The predicted octanol–water partition coefficient (Wildman–Crippen LogP) is 2.39. The second kappa shape index (κ2) is 6.55. The van der Waals surface area contributed by atoms with Crippen LogP contribution in [0.4, 0.5) is 0 Å². The molecule has 0 aromatic carbocycles. The zero-order valence-electron chi connectivity index (χ0n) is 13.0. The number of nitrogens with zero attached hydrogens (tertiary/aromatic N) is 1. The highest BCUT2D eigenvalue weighted by Gasteiger charge is 2.41. The van der Waals surface area contributed by atoms with E-state index in [1.54, 1.807) is 0 Å². The molecule has 0 spiro atoms. The average molecular weight is 268 g/mol. The van der Waals surface area contributed by atoms with Crippen LogP contribution in [0.3, 0.4) is 0 Å². The van der Waals surface area contributed by atoms with E-state index in [1.807, 2.05) is 7.05 Å². The standard InChI is InChI=1S/C16H32N2O/c1-13(2)11-18(14-6-4-5-7-14)15-8-9-16(10-15,12-19)17-3/h13-15,17,19H,4-12H2,1-3H3. The highest BCUT2D eigenvalue weighted by molar-refractivity contribution is 5.00. The Morgan fingerprint density at radius 2 is 1.89 bits per heavy atom. The van der Waals surface area contributed by atoms with Crippen LogP contribution in [0.1, 0.15) is 58.8 Å². The van der Waals surface area contributed by atoms with Crippen LogP contribution < -0.4 is 5.32 Å². The first-order valence-corrected chi connectivity index (χ1v) is 8.16. The van der Waals surface area contributed by atoms with Gasteiger partial charge in [0.1, 0.15) is 0 Å². The molecule has 2 rings (SSSR count). The Kier molecular flexibility index (Phi) is 5.27. The summed E-state index contributed by atoms with van der Waals surface area (Å²) >= 11 is 0. The van der Waals surface area contributed by atoms with Crippen molar-refractivity contribution in [3.05, 3.63) is 0 Å². The maximum atomic E-state index is 9.68. The molecule has 0 saturated heterocycles. The Morgan fingerprint density at radius 3 is 2.37 bits per heavy atom. The fraction of sp³-hybridized carbons (Fsp3) is 1.00. The van der Waals surface area contributed by atoms with Gasteiger partial charge in [0.25, 0.3) is 0 Å². The van der Waals surface area contributed by atoms with E-state index in [4.69, 9.17) is 0 Å². The lowest BCUT2D eigenvalue weighted by molar-refractivity contribution is 0.104. The van der Waals surface area contributed by atoms with E-state index in [0.717, 1.165) is 24.8 Å². The smallest absolute Gasteiger partial charge is 0.0613 e. The number of hydrogen-bond donors (Lipinski definition) is 2. The molecule has 2 fully saturated rings. The van der Waals surface area contributed by atoms with Crippen molar-refractivity contribution in [2.24, 2.45) is 5.92 Å². The van der Waals surface area contributed by atoms with E-state index in [9.17, 15) is 5.11 Å². The third-order valence-corrected chi connectivity index (χ3v) is 5.25. The molecule has 0 aromatic rings. The third kappa shape index (κ3) is 3.50. The largest absolute Gasteiger partial charge is 0.394 e. The van der Waals surface area contributed by atoms with Crippen LogP contribution in [0.5, 0.6) is 0 Å². The molecule has 3 heteroatoms. The topological polar surface area (TPSA) is 35.5 Å². The van der Waals surface area contributed by atoms with E-state index >= 15 is 0 Å². The summed E-state index contributed by atoms with van der Waals surface area (Å²) in [7, 11) is 2.00. The summed E-state index contributed by atoms with van der Waals surface area (Å²) in [5.41, 5.74) is -0.0154. The number of rotatable bonds is 6. The SMILES string of the molecule is CNC1(CO)CCC(N(CC(C)C)C2CCCC2)C1. The molecule has 2 aliphatic rings. The summed E-state index contributed by atoms with van der Waals surface area (Å²) in [6.07, 6.45) is 9.05. The Bertz CT molecular complexity index is 270. The Balaban J connectivity index is 2.02. The van der Waals surface area contributed by atoms with Crippen molar-refractivity contribution >= 4 is 0 Å². The van der Waals surface area contributed by atoms with Gasteiger partial charge in [-0.05, 0) is 45.1 Å². The molecule has 112 valence electrons. The van der Waals surface area contributed by atoms with Crippen molar-refractivity contribution in [3.8, 4) is 0 Å². The zero-order chi connectivity index (χ0) is 13.9. The van der Waals surface area contributed by atoms with Crippen molar-refractivity contribution in [2.75, 3.05) is 20.2 Å². The minimum Gasteiger partial charge on any atom is -0.394 e. The molecule has 2 unspecified atom stereocenters. The lowest BCUT2D eigenvalue weighted by Gasteiger charge is -2.37. The molecule has 2 saturated carbocycles. The van der Waals surface area contributed by atoms with Crippen LogP contribution in [0, 0.1) is 5.92 Å². The molecular weight excluding hydrogens is 236 g/mol. The van der Waals surface area contributed by atoms with E-state index in [-0.39, 0.29) is 12.1 Å². The third-order valence-electron chi connectivity index (χ3n) is 5.25. The van der Waals surface area contributed by atoms with Crippen molar-refractivity contribution in [1.29, 1.82) is 0 Å². The van der Waals surface area contributed by atoms with Crippen molar-refractivity contribution < 1.29 is 5.11 Å².